The van der Waals surface area contributed by atoms with Gasteiger partial charge in [0.1, 0.15) is 5.75 Å². The summed E-state index contributed by atoms with van der Waals surface area (Å²) in [6.07, 6.45) is 0.781. The Hall–Kier alpha value is -4.19. The van der Waals surface area contributed by atoms with Crippen molar-refractivity contribution in [1.82, 2.24) is 9.78 Å². The third kappa shape index (κ3) is 5.78. The number of para-hydroxylation sites is 1. The molecule has 0 fully saturated rings. The Kier molecular flexibility index (Phi) is 7.50. The second kappa shape index (κ2) is 11.1. The van der Waals surface area contributed by atoms with Gasteiger partial charge in [-0.1, -0.05) is 48.5 Å². The first-order valence-electron chi connectivity index (χ1n) is 11.4. The lowest BCUT2D eigenvalue weighted by molar-refractivity contribution is -0.116. The first kappa shape index (κ1) is 23.0. The van der Waals surface area contributed by atoms with E-state index in [0.717, 1.165) is 28.1 Å². The lowest BCUT2D eigenvalue weighted by Gasteiger charge is -2.12. The molecule has 1 aromatic heterocycles. The van der Waals surface area contributed by atoms with Gasteiger partial charge in [-0.2, -0.15) is 5.10 Å². The normalized spacial score (nSPS) is 10.6. The van der Waals surface area contributed by atoms with Gasteiger partial charge in [0.2, 0.25) is 5.91 Å². The van der Waals surface area contributed by atoms with Gasteiger partial charge in [-0.05, 0) is 55.3 Å². The van der Waals surface area contributed by atoms with Crippen molar-refractivity contribution in [1.29, 1.82) is 0 Å². The van der Waals surface area contributed by atoms with Gasteiger partial charge in [0.15, 0.2) is 0 Å². The van der Waals surface area contributed by atoms with Crippen LogP contribution >= 0.6 is 0 Å². The van der Waals surface area contributed by atoms with Crippen LogP contribution in [-0.2, 0) is 11.3 Å². The molecule has 0 spiro atoms. The maximum atomic E-state index is 12.6. The van der Waals surface area contributed by atoms with Gasteiger partial charge in [0.05, 0.1) is 12.3 Å². The van der Waals surface area contributed by atoms with E-state index in [1.807, 2.05) is 85.8 Å². The monoisotopic (exact) mass is 453 g/mol. The molecule has 0 atom stereocenters. The fourth-order valence-electron chi connectivity index (χ4n) is 3.72. The molecule has 1 amide bonds. The summed E-state index contributed by atoms with van der Waals surface area (Å²) < 4.78 is 6.89. The van der Waals surface area contributed by atoms with Crippen LogP contribution in [-0.4, -0.2) is 22.3 Å². The quantitative estimate of drug-likeness (QED) is 0.369. The lowest BCUT2D eigenvalue weighted by Crippen LogP contribution is -2.23. The fourth-order valence-corrected chi connectivity index (χ4v) is 3.72. The molecule has 0 aliphatic rings. The predicted molar refractivity (Wildman–Crippen MR) is 135 cm³/mol. The molecular weight excluding hydrogens is 426 g/mol. The smallest absolute Gasteiger partial charge is 0.266 e. The molecule has 3 aromatic carbocycles. The fraction of sp³-hybridized carbons (Fsp3) is 0.179. The molecular formula is C28H27N3O3. The predicted octanol–water partition coefficient (Wildman–Crippen LogP) is 5.39. The maximum Gasteiger partial charge on any atom is 0.266 e. The zero-order chi connectivity index (χ0) is 23.8. The molecule has 1 N–H and O–H groups in total. The van der Waals surface area contributed by atoms with E-state index in [1.54, 1.807) is 6.07 Å². The van der Waals surface area contributed by atoms with Crippen molar-refractivity contribution in [3.05, 3.63) is 101 Å². The Labute approximate surface area is 198 Å². The highest BCUT2D eigenvalue weighted by atomic mass is 16.5. The first-order valence-corrected chi connectivity index (χ1v) is 11.4. The highest BCUT2D eigenvalue weighted by Gasteiger charge is 2.09. The molecule has 0 saturated carbocycles. The molecule has 0 radical (unpaired) electrons. The molecule has 1 heterocycles. The number of ether oxygens (including phenoxy) is 1. The highest BCUT2D eigenvalue weighted by Crippen LogP contribution is 2.27. The van der Waals surface area contributed by atoms with Crippen LogP contribution in [0.15, 0.2) is 95.8 Å². The SMILES string of the molecule is CCOc1ccc(-c2ccc(=O)n(CCCC(=O)Nc3ccccc3-c3ccccc3)n2)cc1. The van der Waals surface area contributed by atoms with E-state index < -0.39 is 0 Å². The number of carbonyl (C=O) groups is 1. The first-order chi connectivity index (χ1) is 16.6. The second-order valence-electron chi connectivity index (χ2n) is 7.80. The van der Waals surface area contributed by atoms with Crippen LogP contribution in [0, 0.1) is 0 Å². The number of hydrogen-bond donors (Lipinski definition) is 1. The van der Waals surface area contributed by atoms with E-state index in [9.17, 15) is 9.59 Å². The van der Waals surface area contributed by atoms with Gasteiger partial charge in [-0.15, -0.1) is 0 Å². The Morgan fingerprint density at radius 1 is 0.882 bits per heavy atom. The number of nitrogens with zero attached hydrogens (tertiary/aromatic N) is 2. The van der Waals surface area contributed by atoms with Crippen LogP contribution in [0.5, 0.6) is 5.75 Å². The summed E-state index contributed by atoms with van der Waals surface area (Å²) in [4.78, 5) is 24.9. The van der Waals surface area contributed by atoms with Gasteiger partial charge >= 0.3 is 0 Å². The molecule has 0 aliphatic carbocycles. The van der Waals surface area contributed by atoms with Crippen molar-refractivity contribution in [2.75, 3.05) is 11.9 Å². The molecule has 6 nitrogen and oxygen atoms in total. The van der Waals surface area contributed by atoms with Crippen LogP contribution in [0.25, 0.3) is 22.4 Å². The molecule has 34 heavy (non-hydrogen) atoms. The van der Waals surface area contributed by atoms with Gasteiger partial charge in [0, 0.05) is 35.8 Å². The van der Waals surface area contributed by atoms with E-state index in [2.05, 4.69) is 10.4 Å². The van der Waals surface area contributed by atoms with Gasteiger partial charge in [-0.3, -0.25) is 9.59 Å². The maximum absolute atomic E-state index is 12.6. The van der Waals surface area contributed by atoms with Crippen molar-refractivity contribution in [3.8, 4) is 28.1 Å². The van der Waals surface area contributed by atoms with Gasteiger partial charge < -0.3 is 10.1 Å². The van der Waals surface area contributed by atoms with E-state index in [0.29, 0.717) is 25.3 Å². The summed E-state index contributed by atoms with van der Waals surface area (Å²) in [5.41, 5.74) is 4.19. The van der Waals surface area contributed by atoms with Crippen LogP contribution in [0.2, 0.25) is 0 Å². The summed E-state index contributed by atoms with van der Waals surface area (Å²) in [6.45, 7) is 2.90. The molecule has 0 bridgehead atoms. The number of rotatable bonds is 9. The Morgan fingerprint density at radius 3 is 2.38 bits per heavy atom. The minimum atomic E-state index is -0.190. The lowest BCUT2D eigenvalue weighted by atomic mass is 10.0. The van der Waals surface area contributed by atoms with E-state index in [4.69, 9.17) is 4.74 Å². The number of aryl methyl sites for hydroxylation is 1. The molecule has 0 unspecified atom stereocenters. The number of nitrogens with one attached hydrogen (secondary N) is 1. The summed E-state index contributed by atoms with van der Waals surface area (Å²) in [5, 5.41) is 7.49. The van der Waals surface area contributed by atoms with Crippen molar-refractivity contribution >= 4 is 11.6 Å². The zero-order valence-corrected chi connectivity index (χ0v) is 19.1. The van der Waals surface area contributed by atoms with E-state index in [-0.39, 0.29) is 17.9 Å². The molecule has 0 saturated heterocycles. The van der Waals surface area contributed by atoms with Crippen molar-refractivity contribution in [2.45, 2.75) is 26.3 Å². The zero-order valence-electron chi connectivity index (χ0n) is 19.1. The number of carbonyl (C=O) groups excluding carboxylic acids is 1. The Balaban J connectivity index is 1.38. The average Bonchev–Trinajstić information content (AvgIpc) is 2.87. The minimum Gasteiger partial charge on any atom is -0.494 e. The second-order valence-corrected chi connectivity index (χ2v) is 7.80. The highest BCUT2D eigenvalue weighted by molar-refractivity contribution is 5.95. The van der Waals surface area contributed by atoms with Gasteiger partial charge in [-0.25, -0.2) is 4.68 Å². The number of benzene rings is 3. The van der Waals surface area contributed by atoms with E-state index >= 15 is 0 Å². The van der Waals surface area contributed by atoms with Crippen molar-refractivity contribution < 1.29 is 9.53 Å². The van der Waals surface area contributed by atoms with Crippen LogP contribution in [0.4, 0.5) is 5.69 Å². The molecule has 0 aliphatic heterocycles. The number of aromatic nitrogens is 2. The van der Waals surface area contributed by atoms with Crippen LogP contribution < -0.4 is 15.6 Å². The Bertz CT molecular complexity index is 1300. The summed E-state index contributed by atoms with van der Waals surface area (Å²) in [7, 11) is 0. The standard InChI is InChI=1S/C28H27N3O3/c1-2-34-23-16-14-22(15-17-23)25-18-19-28(33)31(30-25)20-8-13-27(32)29-26-12-7-6-11-24(26)21-9-4-3-5-10-21/h3-7,9-12,14-19H,2,8,13,20H2,1H3,(H,29,32). The topological polar surface area (TPSA) is 73.2 Å². The summed E-state index contributed by atoms with van der Waals surface area (Å²) >= 11 is 0. The number of hydrogen-bond acceptors (Lipinski definition) is 4. The minimum absolute atomic E-state index is 0.0981. The Morgan fingerprint density at radius 2 is 1.62 bits per heavy atom. The van der Waals surface area contributed by atoms with Crippen molar-refractivity contribution in [2.24, 2.45) is 0 Å². The molecule has 6 heteroatoms. The van der Waals surface area contributed by atoms with Crippen LogP contribution in [0.1, 0.15) is 19.8 Å². The average molecular weight is 454 g/mol. The summed E-state index contributed by atoms with van der Waals surface area (Å²) in [6, 6.07) is 28.5. The number of amides is 1. The van der Waals surface area contributed by atoms with E-state index in [1.165, 1.54) is 10.7 Å². The van der Waals surface area contributed by atoms with Crippen molar-refractivity contribution in [3.63, 3.8) is 0 Å². The molecule has 172 valence electrons. The largest absolute Gasteiger partial charge is 0.494 e. The third-order valence-corrected chi connectivity index (χ3v) is 5.39. The summed E-state index contributed by atoms with van der Waals surface area (Å²) in [5.74, 6) is 0.693. The van der Waals surface area contributed by atoms with Crippen LogP contribution in [0.3, 0.4) is 0 Å². The van der Waals surface area contributed by atoms with Gasteiger partial charge in [0.25, 0.3) is 5.56 Å². The third-order valence-electron chi connectivity index (χ3n) is 5.39. The molecule has 4 aromatic rings. The number of anilines is 1. The molecule has 4 rings (SSSR count).